The van der Waals surface area contributed by atoms with Crippen LogP contribution in [0.4, 0.5) is 0 Å². The highest BCUT2D eigenvalue weighted by Gasteiger charge is 2.16. The van der Waals surface area contributed by atoms with Gasteiger partial charge in [-0.25, -0.2) is 0 Å². The summed E-state index contributed by atoms with van der Waals surface area (Å²) in [7, 11) is 0. The molecule has 0 atom stereocenters. The fourth-order valence-corrected chi connectivity index (χ4v) is 1.79. The van der Waals surface area contributed by atoms with Crippen LogP contribution in [-0.2, 0) is 9.59 Å². The standard InChI is InChI=1S/C16H32N2O2/c1-15(2,3)11-13(19)17-9-7-8-10-18-14(20)12-16(4,5)6/h7-12H2,1-6H3,(H,17,19)(H,18,20). The normalized spacial score (nSPS) is 12.1. The molecule has 0 aliphatic rings. The topological polar surface area (TPSA) is 58.2 Å². The van der Waals surface area contributed by atoms with Gasteiger partial charge in [-0.1, -0.05) is 41.5 Å². The number of rotatable bonds is 7. The molecule has 0 spiro atoms. The highest BCUT2D eigenvalue weighted by Crippen LogP contribution is 2.18. The van der Waals surface area contributed by atoms with E-state index in [1.165, 1.54) is 0 Å². The predicted molar refractivity (Wildman–Crippen MR) is 83.4 cm³/mol. The van der Waals surface area contributed by atoms with Gasteiger partial charge in [0.2, 0.25) is 11.8 Å². The minimum Gasteiger partial charge on any atom is -0.356 e. The van der Waals surface area contributed by atoms with Gasteiger partial charge in [0.25, 0.3) is 0 Å². The number of hydrogen-bond acceptors (Lipinski definition) is 2. The molecule has 0 aromatic carbocycles. The molecule has 0 aliphatic carbocycles. The van der Waals surface area contributed by atoms with Gasteiger partial charge < -0.3 is 10.6 Å². The Labute approximate surface area is 124 Å². The third-order valence-corrected chi connectivity index (χ3v) is 2.63. The van der Waals surface area contributed by atoms with Gasteiger partial charge in [0.05, 0.1) is 0 Å². The van der Waals surface area contributed by atoms with Crippen molar-refractivity contribution >= 4 is 11.8 Å². The van der Waals surface area contributed by atoms with Crippen molar-refractivity contribution in [2.45, 2.75) is 67.2 Å². The summed E-state index contributed by atoms with van der Waals surface area (Å²) in [6.45, 7) is 13.7. The van der Waals surface area contributed by atoms with Gasteiger partial charge in [0.1, 0.15) is 0 Å². The number of carbonyl (C=O) groups is 2. The summed E-state index contributed by atoms with van der Waals surface area (Å²) in [5, 5.41) is 5.83. The highest BCUT2D eigenvalue weighted by atomic mass is 16.2. The maximum absolute atomic E-state index is 11.6. The van der Waals surface area contributed by atoms with Crippen molar-refractivity contribution in [1.29, 1.82) is 0 Å². The van der Waals surface area contributed by atoms with Gasteiger partial charge in [-0.05, 0) is 23.7 Å². The first-order valence-corrected chi connectivity index (χ1v) is 7.53. The second kappa shape index (κ2) is 8.28. The second-order valence-corrected chi connectivity index (χ2v) is 7.88. The van der Waals surface area contributed by atoms with E-state index in [0.717, 1.165) is 12.8 Å². The molecule has 0 heterocycles. The molecule has 0 rings (SSSR count). The SMILES string of the molecule is CC(C)(C)CC(=O)NCCCCNC(=O)CC(C)(C)C. The zero-order valence-electron chi connectivity index (χ0n) is 14.1. The Morgan fingerprint density at radius 2 is 1.00 bits per heavy atom. The lowest BCUT2D eigenvalue weighted by Crippen LogP contribution is -2.30. The van der Waals surface area contributed by atoms with Gasteiger partial charge in [0.15, 0.2) is 0 Å². The van der Waals surface area contributed by atoms with E-state index in [1.54, 1.807) is 0 Å². The Hall–Kier alpha value is -1.06. The number of hydrogen-bond donors (Lipinski definition) is 2. The summed E-state index contributed by atoms with van der Waals surface area (Å²) in [5.74, 6) is 0.212. The van der Waals surface area contributed by atoms with E-state index >= 15 is 0 Å². The third-order valence-electron chi connectivity index (χ3n) is 2.63. The van der Waals surface area contributed by atoms with Crippen LogP contribution in [0.2, 0.25) is 0 Å². The fourth-order valence-electron chi connectivity index (χ4n) is 1.79. The Morgan fingerprint density at radius 3 is 1.25 bits per heavy atom. The molecule has 4 heteroatoms. The van der Waals surface area contributed by atoms with Crippen LogP contribution >= 0.6 is 0 Å². The van der Waals surface area contributed by atoms with E-state index in [2.05, 4.69) is 52.2 Å². The van der Waals surface area contributed by atoms with Crippen molar-refractivity contribution in [1.82, 2.24) is 10.6 Å². The van der Waals surface area contributed by atoms with Crippen molar-refractivity contribution in [3.05, 3.63) is 0 Å². The summed E-state index contributed by atoms with van der Waals surface area (Å²) in [4.78, 5) is 23.2. The lowest BCUT2D eigenvalue weighted by Gasteiger charge is -2.18. The molecule has 0 fully saturated rings. The molecule has 0 radical (unpaired) electrons. The number of amides is 2. The Balaban J connectivity index is 3.54. The molecule has 20 heavy (non-hydrogen) atoms. The number of carbonyl (C=O) groups excluding carboxylic acids is 2. The molecule has 0 bridgehead atoms. The van der Waals surface area contributed by atoms with Crippen LogP contribution in [0.5, 0.6) is 0 Å². The van der Waals surface area contributed by atoms with Crippen molar-refractivity contribution in [3.63, 3.8) is 0 Å². The van der Waals surface area contributed by atoms with Crippen molar-refractivity contribution < 1.29 is 9.59 Å². The van der Waals surface area contributed by atoms with Crippen molar-refractivity contribution in [2.24, 2.45) is 10.8 Å². The average molecular weight is 284 g/mol. The summed E-state index contributed by atoms with van der Waals surface area (Å²) >= 11 is 0. The van der Waals surface area contributed by atoms with Gasteiger partial charge in [-0.2, -0.15) is 0 Å². The lowest BCUT2D eigenvalue weighted by atomic mass is 9.92. The molecular weight excluding hydrogens is 252 g/mol. The Bertz CT molecular complexity index is 279. The zero-order chi connectivity index (χ0) is 15.8. The van der Waals surface area contributed by atoms with E-state index in [0.29, 0.717) is 25.9 Å². The van der Waals surface area contributed by atoms with Crippen molar-refractivity contribution in [2.75, 3.05) is 13.1 Å². The summed E-state index contributed by atoms with van der Waals surface area (Å²) < 4.78 is 0. The molecule has 4 nitrogen and oxygen atoms in total. The van der Waals surface area contributed by atoms with Crippen LogP contribution in [0.25, 0.3) is 0 Å². The molecule has 0 unspecified atom stereocenters. The zero-order valence-corrected chi connectivity index (χ0v) is 14.1. The third kappa shape index (κ3) is 13.4. The van der Waals surface area contributed by atoms with Crippen LogP contribution in [-0.4, -0.2) is 24.9 Å². The van der Waals surface area contributed by atoms with Crippen LogP contribution in [0.1, 0.15) is 67.2 Å². The average Bonchev–Trinajstić information content (AvgIpc) is 2.17. The first kappa shape index (κ1) is 18.9. The van der Waals surface area contributed by atoms with Crippen LogP contribution in [0.3, 0.4) is 0 Å². The molecule has 118 valence electrons. The van der Waals surface area contributed by atoms with Crippen LogP contribution in [0, 0.1) is 10.8 Å². The highest BCUT2D eigenvalue weighted by molar-refractivity contribution is 5.76. The predicted octanol–water partition coefficient (Wildman–Crippen LogP) is 2.87. The fraction of sp³-hybridized carbons (Fsp3) is 0.875. The molecular formula is C16H32N2O2. The van der Waals surface area contributed by atoms with E-state index < -0.39 is 0 Å². The smallest absolute Gasteiger partial charge is 0.220 e. The van der Waals surface area contributed by atoms with E-state index in [-0.39, 0.29) is 22.6 Å². The molecule has 0 aliphatic heterocycles. The Kier molecular flexibility index (Phi) is 7.84. The monoisotopic (exact) mass is 284 g/mol. The molecule has 2 amide bonds. The first-order chi connectivity index (χ1) is 8.99. The van der Waals surface area contributed by atoms with Gasteiger partial charge >= 0.3 is 0 Å². The van der Waals surface area contributed by atoms with Crippen LogP contribution < -0.4 is 10.6 Å². The van der Waals surface area contributed by atoms with Gasteiger partial charge in [-0.3, -0.25) is 9.59 Å². The maximum atomic E-state index is 11.6. The summed E-state index contributed by atoms with van der Waals surface area (Å²) in [5.41, 5.74) is 0.0655. The maximum Gasteiger partial charge on any atom is 0.220 e. The minimum absolute atomic E-state index is 0.0328. The molecule has 2 N–H and O–H groups in total. The first-order valence-electron chi connectivity index (χ1n) is 7.53. The summed E-state index contributed by atoms with van der Waals surface area (Å²) in [6.07, 6.45) is 2.89. The van der Waals surface area contributed by atoms with E-state index in [4.69, 9.17) is 0 Å². The minimum atomic E-state index is 0.0328. The van der Waals surface area contributed by atoms with Crippen LogP contribution in [0.15, 0.2) is 0 Å². The van der Waals surface area contributed by atoms with Crippen molar-refractivity contribution in [3.8, 4) is 0 Å². The number of unbranched alkanes of at least 4 members (excludes halogenated alkanes) is 1. The molecule has 0 aromatic rings. The quantitative estimate of drug-likeness (QED) is 0.706. The summed E-state index contributed by atoms with van der Waals surface area (Å²) in [6, 6.07) is 0. The van der Waals surface area contributed by atoms with Gasteiger partial charge in [0, 0.05) is 25.9 Å². The molecule has 0 saturated carbocycles. The van der Waals surface area contributed by atoms with E-state index in [1.807, 2.05) is 0 Å². The largest absolute Gasteiger partial charge is 0.356 e. The van der Waals surface area contributed by atoms with Gasteiger partial charge in [-0.15, -0.1) is 0 Å². The van der Waals surface area contributed by atoms with E-state index in [9.17, 15) is 9.59 Å². The molecule has 0 aromatic heterocycles. The Morgan fingerprint density at radius 1 is 0.700 bits per heavy atom. The lowest BCUT2D eigenvalue weighted by molar-refractivity contribution is -0.123. The molecule has 0 saturated heterocycles. The number of nitrogens with one attached hydrogen (secondary N) is 2. The second-order valence-electron chi connectivity index (χ2n) is 7.88.